The lowest BCUT2D eigenvalue weighted by molar-refractivity contribution is -0.138. The van der Waals surface area contributed by atoms with E-state index < -0.39 is 35.4 Å². The number of hydrogen-bond acceptors (Lipinski definition) is 9. The van der Waals surface area contributed by atoms with Crippen molar-refractivity contribution in [2.24, 2.45) is 39.4 Å². The van der Waals surface area contributed by atoms with E-state index in [4.69, 9.17) is 39.1 Å². The Balaban J connectivity index is 2.13. The van der Waals surface area contributed by atoms with E-state index in [1.54, 1.807) is 0 Å². The minimum Gasteiger partial charge on any atom is -0.457 e. The van der Waals surface area contributed by atoms with Crippen LogP contribution < -0.4 is 54.7 Å². The molecule has 20 heteroatoms. The third-order valence-corrected chi connectivity index (χ3v) is 8.70. The molecular formula is C34H44F6N10O3S. The smallest absolute Gasteiger partial charge is 0.418 e. The minimum atomic E-state index is -4.91. The van der Waals surface area contributed by atoms with Gasteiger partial charge in [-0.15, -0.1) is 11.8 Å². The van der Waals surface area contributed by atoms with Gasteiger partial charge in [-0.3, -0.25) is 14.7 Å². The van der Waals surface area contributed by atoms with Crippen LogP contribution in [0.5, 0.6) is 11.5 Å². The summed E-state index contributed by atoms with van der Waals surface area (Å²) in [6.07, 6.45) is -8.40. The van der Waals surface area contributed by atoms with Gasteiger partial charge in [-0.1, -0.05) is 0 Å². The number of nitrogens with one attached hydrogen (secondary N) is 2. The number of carbonyl (C=O) groups is 2. The minimum absolute atomic E-state index is 0.00474. The zero-order valence-corrected chi connectivity index (χ0v) is 30.0. The fourth-order valence-electron chi connectivity index (χ4n) is 5.15. The number of benzene rings is 3. The number of amides is 3. The summed E-state index contributed by atoms with van der Waals surface area (Å²) >= 11 is 0.996. The van der Waals surface area contributed by atoms with E-state index in [9.17, 15) is 35.9 Å². The van der Waals surface area contributed by atoms with E-state index in [-0.39, 0.29) is 96.4 Å². The molecule has 0 aromatic heterocycles. The number of rotatable bonds is 19. The van der Waals surface area contributed by atoms with Gasteiger partial charge in [0.2, 0.25) is 5.91 Å². The quantitative estimate of drug-likeness (QED) is 0.0252. The molecule has 13 nitrogen and oxygen atoms in total. The standard InChI is InChI=1S/C34H44F6N10O3S/c35-33(36,37)21-17-26(49-29(51)5-1-2-13-48-31(44)45)30(54-15-12-43)27(18-21)50(32(46)52)22-6-9-28(20(16-22)4-3-10-41)53-23-7-8-25(47-14-11-42)24(19-23)34(38,39)40/h6-9,16-19,47H,1-5,10-15,41-43H2,(H2,46,52)(H,49,51)(H4,44,45,48). The lowest BCUT2D eigenvalue weighted by Gasteiger charge is -2.27. The van der Waals surface area contributed by atoms with E-state index in [1.165, 1.54) is 30.3 Å². The van der Waals surface area contributed by atoms with Gasteiger partial charge in [0.05, 0.1) is 33.1 Å². The average Bonchev–Trinajstić information content (AvgIpc) is 3.09. The Labute approximate surface area is 312 Å². The first-order chi connectivity index (χ1) is 25.5. The van der Waals surface area contributed by atoms with Crippen molar-refractivity contribution in [2.45, 2.75) is 49.4 Å². The second kappa shape index (κ2) is 20.0. The maximum absolute atomic E-state index is 14.3. The number of urea groups is 1. The zero-order chi connectivity index (χ0) is 40.1. The van der Waals surface area contributed by atoms with Gasteiger partial charge in [0.25, 0.3) is 0 Å². The number of hydrogen-bond donors (Lipinski definition) is 8. The molecule has 0 fully saturated rings. The van der Waals surface area contributed by atoms with Crippen LogP contribution in [0.2, 0.25) is 0 Å². The zero-order valence-electron chi connectivity index (χ0n) is 29.2. The molecule has 0 saturated heterocycles. The molecule has 296 valence electrons. The Morgan fingerprint density at radius 3 is 2.19 bits per heavy atom. The molecule has 0 aliphatic rings. The molecule has 0 radical (unpaired) electrons. The lowest BCUT2D eigenvalue weighted by Crippen LogP contribution is -2.32. The van der Waals surface area contributed by atoms with Crippen molar-refractivity contribution in [1.82, 2.24) is 0 Å². The molecule has 0 saturated carbocycles. The van der Waals surface area contributed by atoms with Gasteiger partial charge in [0, 0.05) is 44.0 Å². The van der Waals surface area contributed by atoms with Crippen LogP contribution in [-0.4, -0.2) is 56.4 Å². The molecule has 54 heavy (non-hydrogen) atoms. The molecule has 0 spiro atoms. The summed E-state index contributed by atoms with van der Waals surface area (Å²) in [5.74, 6) is -0.605. The summed E-state index contributed by atoms with van der Waals surface area (Å²) in [5, 5.41) is 5.16. The average molecular weight is 787 g/mol. The Morgan fingerprint density at radius 1 is 0.833 bits per heavy atom. The first-order valence-electron chi connectivity index (χ1n) is 16.7. The predicted molar refractivity (Wildman–Crippen MR) is 199 cm³/mol. The maximum atomic E-state index is 14.3. The number of unbranched alkanes of at least 4 members (excludes halogenated alkanes) is 1. The van der Waals surface area contributed by atoms with Crippen LogP contribution in [0.3, 0.4) is 0 Å². The summed E-state index contributed by atoms with van der Waals surface area (Å²) < 4.78 is 90.7. The highest BCUT2D eigenvalue weighted by Crippen LogP contribution is 2.45. The predicted octanol–water partition coefficient (Wildman–Crippen LogP) is 5.43. The summed E-state index contributed by atoms with van der Waals surface area (Å²) in [6, 6.07) is 7.77. The van der Waals surface area contributed by atoms with E-state index in [0.717, 1.165) is 34.9 Å². The first-order valence-corrected chi connectivity index (χ1v) is 17.7. The van der Waals surface area contributed by atoms with Crippen molar-refractivity contribution in [3.8, 4) is 11.5 Å². The summed E-state index contributed by atoms with van der Waals surface area (Å²) in [4.78, 5) is 30.9. The molecular weight excluding hydrogens is 742 g/mol. The SMILES string of the molecule is NCCCc1cc(N(C(N)=O)c2cc(C(F)(F)F)cc(NC(=O)CCCCN=C(N)N)c2SCCN)ccc1Oc1ccc(NCCN)c(C(F)(F)F)c1. The number of thioether (sulfide) groups is 1. The fourth-order valence-corrected chi connectivity index (χ4v) is 6.04. The third-order valence-electron chi connectivity index (χ3n) is 7.54. The van der Waals surface area contributed by atoms with Gasteiger partial charge in [-0.2, -0.15) is 26.3 Å². The van der Waals surface area contributed by atoms with E-state index in [0.29, 0.717) is 24.8 Å². The van der Waals surface area contributed by atoms with Gasteiger partial charge in [-0.05, 0) is 86.3 Å². The van der Waals surface area contributed by atoms with Crippen LogP contribution in [0.15, 0.2) is 58.4 Å². The number of aryl methyl sites for hydroxylation is 1. The highest BCUT2D eigenvalue weighted by Gasteiger charge is 2.36. The van der Waals surface area contributed by atoms with Crippen LogP contribution in [0.1, 0.15) is 42.4 Å². The van der Waals surface area contributed by atoms with Crippen molar-refractivity contribution in [3.05, 3.63) is 65.2 Å². The highest BCUT2D eigenvalue weighted by atomic mass is 32.2. The monoisotopic (exact) mass is 786 g/mol. The number of nitrogens with two attached hydrogens (primary N) is 6. The second-order valence-electron chi connectivity index (χ2n) is 11.7. The van der Waals surface area contributed by atoms with Crippen molar-refractivity contribution < 1.29 is 40.7 Å². The Morgan fingerprint density at radius 2 is 1.57 bits per heavy atom. The van der Waals surface area contributed by atoms with Gasteiger partial charge in [0.15, 0.2) is 5.96 Å². The van der Waals surface area contributed by atoms with Gasteiger partial charge < -0.3 is 49.8 Å². The Bertz CT molecular complexity index is 1770. The topological polar surface area (TPSA) is 239 Å². The van der Waals surface area contributed by atoms with E-state index in [1.807, 2.05) is 0 Å². The number of ether oxygens (including phenoxy) is 1. The summed E-state index contributed by atoms with van der Waals surface area (Å²) in [7, 11) is 0. The van der Waals surface area contributed by atoms with Crippen molar-refractivity contribution in [2.75, 3.05) is 54.0 Å². The van der Waals surface area contributed by atoms with Crippen LogP contribution in [-0.2, 0) is 23.6 Å². The maximum Gasteiger partial charge on any atom is 0.418 e. The summed E-state index contributed by atoms with van der Waals surface area (Å²) in [6.45, 7) is 0.738. The number of alkyl halides is 6. The largest absolute Gasteiger partial charge is 0.457 e. The first kappa shape index (κ1) is 43.5. The molecule has 0 bridgehead atoms. The number of carbonyl (C=O) groups excluding carboxylic acids is 2. The van der Waals surface area contributed by atoms with Crippen LogP contribution in [0, 0.1) is 0 Å². The molecule has 0 heterocycles. The molecule has 3 aromatic carbocycles. The molecule has 3 amide bonds. The van der Waals surface area contributed by atoms with E-state index >= 15 is 0 Å². The van der Waals surface area contributed by atoms with Crippen molar-refractivity contribution in [1.29, 1.82) is 0 Å². The number of anilines is 4. The number of aliphatic imine (C=N–C) groups is 1. The fraction of sp³-hybridized carbons (Fsp3) is 0.382. The third kappa shape index (κ3) is 12.6. The second-order valence-corrected chi connectivity index (χ2v) is 12.8. The molecule has 0 atom stereocenters. The molecule has 0 unspecified atom stereocenters. The number of primary amides is 1. The molecule has 3 rings (SSSR count). The van der Waals surface area contributed by atoms with Crippen LogP contribution in [0.4, 0.5) is 53.9 Å². The molecule has 3 aromatic rings. The number of nitrogens with zero attached hydrogens (tertiary/aromatic N) is 2. The van der Waals surface area contributed by atoms with Crippen molar-refractivity contribution in [3.63, 3.8) is 0 Å². The highest BCUT2D eigenvalue weighted by molar-refractivity contribution is 7.99. The Hall–Kier alpha value is -4.92. The Kier molecular flexibility index (Phi) is 16.1. The molecule has 0 aliphatic heterocycles. The summed E-state index contributed by atoms with van der Waals surface area (Å²) in [5.41, 5.74) is 30.8. The lowest BCUT2D eigenvalue weighted by atomic mass is 10.1. The van der Waals surface area contributed by atoms with Crippen LogP contribution in [0.25, 0.3) is 0 Å². The molecule has 0 aliphatic carbocycles. The normalized spacial score (nSPS) is 11.6. The van der Waals surface area contributed by atoms with Gasteiger partial charge in [-0.25, -0.2) is 4.79 Å². The van der Waals surface area contributed by atoms with E-state index in [2.05, 4.69) is 15.6 Å². The number of halogens is 6. The van der Waals surface area contributed by atoms with Gasteiger partial charge >= 0.3 is 18.4 Å². The van der Waals surface area contributed by atoms with Crippen molar-refractivity contribution >= 4 is 52.4 Å². The number of guanidine groups is 1. The molecule has 14 N–H and O–H groups in total. The van der Waals surface area contributed by atoms with Gasteiger partial charge in [0.1, 0.15) is 11.5 Å². The van der Waals surface area contributed by atoms with Crippen LogP contribution >= 0.6 is 11.8 Å².